The molecule has 0 saturated heterocycles. The molecule has 8 nitrogen and oxygen atoms in total. The fourth-order valence-corrected chi connectivity index (χ4v) is 2.79. The first-order chi connectivity index (χ1) is 9.79. The lowest BCUT2D eigenvalue weighted by Crippen LogP contribution is -2.15. The van der Waals surface area contributed by atoms with Gasteiger partial charge in [-0.05, 0) is 30.7 Å². The summed E-state index contributed by atoms with van der Waals surface area (Å²) in [6.07, 6.45) is 1.46. The van der Waals surface area contributed by atoms with Gasteiger partial charge in [0.2, 0.25) is 0 Å². The number of pyridine rings is 1. The van der Waals surface area contributed by atoms with Crippen molar-refractivity contribution < 1.29 is 13.3 Å². The molecular weight excluding hydrogens is 296 g/mol. The smallest absolute Gasteiger partial charge is 0.271 e. The summed E-state index contributed by atoms with van der Waals surface area (Å²) in [6, 6.07) is 6.44. The van der Waals surface area contributed by atoms with Crippen molar-refractivity contribution in [3.05, 3.63) is 52.2 Å². The maximum Gasteiger partial charge on any atom is 0.271 e. The van der Waals surface area contributed by atoms with Gasteiger partial charge in [0, 0.05) is 18.3 Å². The first-order valence-corrected chi connectivity index (χ1v) is 7.27. The Labute approximate surface area is 120 Å². The van der Waals surface area contributed by atoms with Crippen LogP contribution in [0.15, 0.2) is 41.4 Å². The van der Waals surface area contributed by atoms with Crippen molar-refractivity contribution in [2.24, 2.45) is 0 Å². The lowest BCUT2D eigenvalue weighted by Gasteiger charge is -2.09. The van der Waals surface area contributed by atoms with Gasteiger partial charge in [-0.25, -0.2) is 13.4 Å². The number of non-ortho nitro benzene ring substituents is 1. The van der Waals surface area contributed by atoms with Crippen molar-refractivity contribution in [3.8, 4) is 0 Å². The summed E-state index contributed by atoms with van der Waals surface area (Å²) in [5, 5.41) is 10.6. The minimum Gasteiger partial charge on any atom is -0.397 e. The van der Waals surface area contributed by atoms with E-state index >= 15 is 0 Å². The van der Waals surface area contributed by atoms with E-state index in [-0.39, 0.29) is 22.1 Å². The molecule has 0 aliphatic rings. The van der Waals surface area contributed by atoms with Gasteiger partial charge in [-0.3, -0.25) is 14.8 Å². The standard InChI is InChI=1S/C12H12N4O4S/c1-8-4-5-14-12(6-8)15-21(19,20)11-3-2-9(16(17)18)7-10(11)13/h2-7H,13H2,1H3,(H,14,15). The number of nitro benzene ring substituents is 1. The number of benzene rings is 1. The van der Waals surface area contributed by atoms with Crippen LogP contribution in [0.2, 0.25) is 0 Å². The largest absolute Gasteiger partial charge is 0.397 e. The van der Waals surface area contributed by atoms with Crippen LogP contribution >= 0.6 is 0 Å². The average molecular weight is 308 g/mol. The molecule has 2 aromatic rings. The van der Waals surface area contributed by atoms with Crippen molar-refractivity contribution >= 4 is 27.2 Å². The fraction of sp³-hybridized carbons (Fsp3) is 0.0833. The van der Waals surface area contributed by atoms with Crippen LogP contribution in [0.25, 0.3) is 0 Å². The molecule has 0 amide bonds. The van der Waals surface area contributed by atoms with Crippen molar-refractivity contribution in [2.45, 2.75) is 11.8 Å². The zero-order valence-corrected chi connectivity index (χ0v) is 11.8. The summed E-state index contributed by atoms with van der Waals surface area (Å²) in [6.45, 7) is 1.79. The number of anilines is 2. The summed E-state index contributed by atoms with van der Waals surface area (Å²) in [7, 11) is -3.96. The molecule has 2 rings (SSSR count). The van der Waals surface area contributed by atoms with E-state index in [2.05, 4.69) is 9.71 Å². The number of aryl methyl sites for hydroxylation is 1. The fourth-order valence-electron chi connectivity index (χ4n) is 1.68. The van der Waals surface area contributed by atoms with E-state index in [9.17, 15) is 18.5 Å². The summed E-state index contributed by atoms with van der Waals surface area (Å²) < 4.78 is 26.7. The van der Waals surface area contributed by atoms with E-state index < -0.39 is 14.9 Å². The Morgan fingerprint density at radius 1 is 1.29 bits per heavy atom. The van der Waals surface area contributed by atoms with Crippen LogP contribution < -0.4 is 10.5 Å². The topological polar surface area (TPSA) is 128 Å². The van der Waals surface area contributed by atoms with E-state index in [1.54, 1.807) is 19.1 Å². The van der Waals surface area contributed by atoms with E-state index in [4.69, 9.17) is 5.73 Å². The average Bonchev–Trinajstić information content (AvgIpc) is 2.37. The van der Waals surface area contributed by atoms with Gasteiger partial charge in [0.15, 0.2) is 0 Å². The predicted octanol–water partition coefficient (Wildman–Crippen LogP) is 1.68. The molecule has 21 heavy (non-hydrogen) atoms. The molecule has 0 aliphatic carbocycles. The van der Waals surface area contributed by atoms with Crippen molar-refractivity contribution in [1.29, 1.82) is 0 Å². The van der Waals surface area contributed by atoms with Gasteiger partial charge >= 0.3 is 0 Å². The molecule has 0 atom stereocenters. The van der Waals surface area contributed by atoms with Crippen LogP contribution in [-0.4, -0.2) is 18.3 Å². The van der Waals surface area contributed by atoms with Crippen molar-refractivity contribution in [1.82, 2.24) is 4.98 Å². The van der Waals surface area contributed by atoms with Crippen molar-refractivity contribution in [2.75, 3.05) is 10.5 Å². The Balaban J connectivity index is 2.38. The van der Waals surface area contributed by atoms with Crippen LogP contribution in [0.3, 0.4) is 0 Å². The van der Waals surface area contributed by atoms with Gasteiger partial charge in [0.25, 0.3) is 15.7 Å². The quantitative estimate of drug-likeness (QED) is 0.502. The molecule has 0 fully saturated rings. The number of nitrogens with zero attached hydrogens (tertiary/aromatic N) is 2. The number of nitrogens with one attached hydrogen (secondary N) is 1. The third kappa shape index (κ3) is 3.26. The SMILES string of the molecule is Cc1ccnc(NS(=O)(=O)c2ccc([N+](=O)[O-])cc2N)c1. The van der Waals surface area contributed by atoms with Gasteiger partial charge in [0.05, 0.1) is 10.6 Å². The third-order valence-electron chi connectivity index (χ3n) is 2.65. The number of nitrogens with two attached hydrogens (primary N) is 1. The van der Waals surface area contributed by atoms with Crippen molar-refractivity contribution in [3.63, 3.8) is 0 Å². The van der Waals surface area contributed by atoms with E-state index in [1.165, 1.54) is 6.20 Å². The van der Waals surface area contributed by atoms with Crippen LogP contribution in [0.5, 0.6) is 0 Å². The molecule has 0 bridgehead atoms. The van der Waals surface area contributed by atoms with Crippen LogP contribution in [0.4, 0.5) is 17.2 Å². The number of nitro groups is 1. The first-order valence-electron chi connectivity index (χ1n) is 5.79. The molecule has 0 saturated carbocycles. The van der Waals surface area contributed by atoms with Gasteiger partial charge in [-0.15, -0.1) is 0 Å². The third-order valence-corrected chi connectivity index (χ3v) is 4.08. The molecule has 1 aromatic carbocycles. The maximum absolute atomic E-state index is 12.2. The Morgan fingerprint density at radius 2 is 2.00 bits per heavy atom. The van der Waals surface area contributed by atoms with E-state index in [1.807, 2.05) is 0 Å². The molecule has 0 aliphatic heterocycles. The van der Waals surface area contributed by atoms with Crippen LogP contribution in [-0.2, 0) is 10.0 Å². The Morgan fingerprint density at radius 3 is 2.57 bits per heavy atom. The van der Waals surface area contributed by atoms with E-state index in [0.717, 1.165) is 23.8 Å². The number of rotatable bonds is 4. The predicted molar refractivity (Wildman–Crippen MR) is 77.3 cm³/mol. The van der Waals surface area contributed by atoms with Gasteiger partial charge in [0.1, 0.15) is 10.7 Å². The normalized spacial score (nSPS) is 11.1. The number of aromatic nitrogens is 1. The highest BCUT2D eigenvalue weighted by atomic mass is 32.2. The summed E-state index contributed by atoms with van der Waals surface area (Å²) in [5.41, 5.74) is 5.94. The molecule has 1 aromatic heterocycles. The molecule has 1 heterocycles. The first kappa shape index (κ1) is 14.7. The van der Waals surface area contributed by atoms with Gasteiger partial charge < -0.3 is 5.73 Å². The molecule has 0 radical (unpaired) electrons. The van der Waals surface area contributed by atoms with Crippen LogP contribution in [0, 0.1) is 17.0 Å². The molecule has 0 unspecified atom stereocenters. The molecule has 9 heteroatoms. The number of sulfonamides is 1. The molecule has 110 valence electrons. The Kier molecular flexibility index (Phi) is 3.76. The second kappa shape index (κ2) is 5.37. The van der Waals surface area contributed by atoms with E-state index in [0.29, 0.717) is 0 Å². The summed E-state index contributed by atoms with van der Waals surface area (Å²) in [4.78, 5) is 13.6. The highest BCUT2D eigenvalue weighted by Crippen LogP contribution is 2.25. The zero-order chi connectivity index (χ0) is 15.6. The zero-order valence-electron chi connectivity index (χ0n) is 11.0. The number of nitrogen functional groups attached to an aromatic ring is 1. The highest BCUT2D eigenvalue weighted by molar-refractivity contribution is 7.92. The highest BCUT2D eigenvalue weighted by Gasteiger charge is 2.20. The number of hydrogen-bond donors (Lipinski definition) is 2. The second-order valence-electron chi connectivity index (χ2n) is 4.30. The Hall–Kier alpha value is -2.68. The lowest BCUT2D eigenvalue weighted by atomic mass is 10.3. The summed E-state index contributed by atoms with van der Waals surface area (Å²) >= 11 is 0. The van der Waals surface area contributed by atoms with Crippen LogP contribution in [0.1, 0.15) is 5.56 Å². The van der Waals surface area contributed by atoms with Gasteiger partial charge in [-0.2, -0.15) is 0 Å². The summed E-state index contributed by atoms with van der Waals surface area (Å²) in [5.74, 6) is 0.146. The van der Waals surface area contributed by atoms with Gasteiger partial charge in [-0.1, -0.05) is 0 Å². The monoisotopic (exact) mass is 308 g/mol. The lowest BCUT2D eigenvalue weighted by molar-refractivity contribution is -0.384. The number of hydrogen-bond acceptors (Lipinski definition) is 6. The molecular formula is C12H12N4O4S. The minimum absolute atomic E-state index is 0.146. The minimum atomic E-state index is -3.96. The molecule has 0 spiro atoms. The maximum atomic E-state index is 12.2. The molecule has 3 N–H and O–H groups in total. The Bertz CT molecular complexity index is 805. The second-order valence-corrected chi connectivity index (χ2v) is 5.95.